The van der Waals surface area contributed by atoms with Crippen molar-refractivity contribution in [2.45, 2.75) is 51.6 Å². The molecule has 1 N–H and O–H groups in total. The Balaban J connectivity index is 1.46. The number of fused-ring (bicyclic) bond motifs is 2. The number of nitrogens with one attached hydrogen (secondary N) is 1. The maximum absolute atomic E-state index is 13.8. The third-order valence-corrected chi connectivity index (χ3v) is 6.31. The number of aromatic nitrogens is 1. The minimum absolute atomic E-state index is 0.0766. The lowest BCUT2D eigenvalue weighted by atomic mass is 9.93. The molecule has 0 bridgehead atoms. The molecule has 1 saturated carbocycles. The van der Waals surface area contributed by atoms with Gasteiger partial charge < -0.3 is 5.32 Å². The number of amides is 1. The number of hydrogen-bond donors (Lipinski definition) is 1. The predicted molar refractivity (Wildman–Crippen MR) is 105 cm³/mol. The molecule has 144 valence electrons. The van der Waals surface area contributed by atoms with Crippen molar-refractivity contribution in [1.29, 1.82) is 0 Å². The van der Waals surface area contributed by atoms with Gasteiger partial charge in [-0.15, -0.1) is 0 Å². The van der Waals surface area contributed by atoms with Crippen molar-refractivity contribution < 1.29 is 9.18 Å². The molecule has 4 atom stereocenters. The Hall–Kier alpha value is -2.01. The number of carbonyl (C=O) groups is 1. The number of nitrogens with zero attached hydrogens (tertiary/aromatic N) is 2. The summed E-state index contributed by atoms with van der Waals surface area (Å²) in [4.78, 5) is 19.0. The van der Waals surface area contributed by atoms with Crippen LogP contribution in [0.15, 0.2) is 30.5 Å². The van der Waals surface area contributed by atoms with Crippen LogP contribution in [0.2, 0.25) is 0 Å². The topological polar surface area (TPSA) is 45.2 Å². The molecule has 2 aromatic rings. The summed E-state index contributed by atoms with van der Waals surface area (Å²) in [6.45, 7) is 7.96. The largest absolute Gasteiger partial charge is 0.353 e. The number of likely N-dealkylation sites (tertiary alicyclic amines) is 1. The lowest BCUT2D eigenvalue weighted by Crippen LogP contribution is -2.46. The van der Waals surface area contributed by atoms with E-state index in [1.165, 1.54) is 11.6 Å². The molecule has 4 rings (SSSR count). The number of carbonyl (C=O) groups excluding carboxylic acids is 1. The molecule has 27 heavy (non-hydrogen) atoms. The lowest BCUT2D eigenvalue weighted by molar-refractivity contribution is -0.126. The van der Waals surface area contributed by atoms with Crippen LogP contribution in [0, 0.1) is 17.7 Å². The number of rotatable bonds is 4. The van der Waals surface area contributed by atoms with Crippen LogP contribution in [0.4, 0.5) is 4.39 Å². The predicted octanol–water partition coefficient (Wildman–Crippen LogP) is 3.71. The monoisotopic (exact) mass is 369 g/mol. The summed E-state index contributed by atoms with van der Waals surface area (Å²) in [6, 6.07) is 7.02. The fraction of sp³-hybridized carbons (Fsp3) is 0.545. The van der Waals surface area contributed by atoms with Crippen molar-refractivity contribution in [3.8, 4) is 0 Å². The molecular weight excluding hydrogens is 341 g/mol. The summed E-state index contributed by atoms with van der Waals surface area (Å²) >= 11 is 0. The fourth-order valence-corrected chi connectivity index (χ4v) is 4.97. The van der Waals surface area contributed by atoms with Gasteiger partial charge in [-0.1, -0.05) is 0 Å². The van der Waals surface area contributed by atoms with E-state index in [2.05, 4.69) is 21.3 Å². The average Bonchev–Trinajstić information content (AvgIpc) is 3.18. The van der Waals surface area contributed by atoms with Gasteiger partial charge in [-0.25, -0.2) is 4.39 Å². The van der Waals surface area contributed by atoms with E-state index >= 15 is 0 Å². The molecule has 5 heteroatoms. The highest BCUT2D eigenvalue weighted by molar-refractivity contribution is 5.83. The lowest BCUT2D eigenvalue weighted by Gasteiger charge is -2.26. The Morgan fingerprint density at radius 2 is 1.89 bits per heavy atom. The van der Waals surface area contributed by atoms with Crippen molar-refractivity contribution in [2.75, 3.05) is 13.1 Å². The van der Waals surface area contributed by atoms with E-state index in [0.717, 1.165) is 36.8 Å². The van der Waals surface area contributed by atoms with Gasteiger partial charge in [0, 0.05) is 30.7 Å². The van der Waals surface area contributed by atoms with Gasteiger partial charge in [0.25, 0.3) is 0 Å². The van der Waals surface area contributed by atoms with Crippen molar-refractivity contribution in [1.82, 2.24) is 15.2 Å². The van der Waals surface area contributed by atoms with Crippen molar-refractivity contribution >= 4 is 16.8 Å². The number of halogens is 1. The Morgan fingerprint density at radius 3 is 2.56 bits per heavy atom. The molecule has 0 radical (unpaired) electrons. The van der Waals surface area contributed by atoms with Gasteiger partial charge in [0.1, 0.15) is 5.82 Å². The molecule has 1 aliphatic heterocycles. The van der Waals surface area contributed by atoms with Crippen LogP contribution in [-0.2, 0) is 4.79 Å². The van der Waals surface area contributed by atoms with Crippen LogP contribution in [0.25, 0.3) is 10.9 Å². The van der Waals surface area contributed by atoms with Crippen molar-refractivity contribution in [3.63, 3.8) is 0 Å². The zero-order valence-electron chi connectivity index (χ0n) is 16.3. The Kier molecular flexibility index (Phi) is 4.89. The molecule has 1 aromatic heterocycles. The van der Waals surface area contributed by atoms with Crippen LogP contribution in [0.5, 0.6) is 0 Å². The van der Waals surface area contributed by atoms with Crippen LogP contribution >= 0.6 is 0 Å². The van der Waals surface area contributed by atoms with E-state index < -0.39 is 0 Å². The minimum atomic E-state index is -0.203. The number of hydrogen-bond acceptors (Lipinski definition) is 3. The van der Waals surface area contributed by atoms with E-state index in [4.69, 9.17) is 0 Å². The van der Waals surface area contributed by atoms with E-state index in [1.807, 2.05) is 27.0 Å². The van der Waals surface area contributed by atoms with Gasteiger partial charge >= 0.3 is 0 Å². The SMILES string of the molecule is CC(C)NC(=O)C(C)N1C[C@H]2C[C@@H](c3ccnc4ccc(F)cc34)C[C@H]2C1. The summed E-state index contributed by atoms with van der Waals surface area (Å²) < 4.78 is 13.8. The average molecular weight is 369 g/mol. The molecule has 1 aliphatic carbocycles. The molecule has 1 aromatic carbocycles. The Labute approximate surface area is 160 Å². The van der Waals surface area contributed by atoms with Gasteiger partial charge in [0.15, 0.2) is 0 Å². The maximum atomic E-state index is 13.8. The van der Waals surface area contributed by atoms with Crippen LogP contribution in [0.1, 0.15) is 45.1 Å². The first-order valence-corrected chi connectivity index (χ1v) is 10.0. The van der Waals surface area contributed by atoms with Crippen molar-refractivity contribution in [2.24, 2.45) is 11.8 Å². The summed E-state index contributed by atoms with van der Waals surface area (Å²) in [5.74, 6) is 1.60. The van der Waals surface area contributed by atoms with E-state index in [0.29, 0.717) is 17.8 Å². The van der Waals surface area contributed by atoms with Gasteiger partial charge in [-0.05, 0) is 81.2 Å². The second-order valence-corrected chi connectivity index (χ2v) is 8.54. The molecule has 2 aliphatic rings. The minimum Gasteiger partial charge on any atom is -0.353 e. The van der Waals surface area contributed by atoms with Gasteiger partial charge in [0.05, 0.1) is 11.6 Å². The number of pyridine rings is 1. The molecule has 1 amide bonds. The Bertz CT molecular complexity index is 839. The van der Waals surface area contributed by atoms with Gasteiger partial charge in [-0.3, -0.25) is 14.7 Å². The summed E-state index contributed by atoms with van der Waals surface area (Å²) in [7, 11) is 0. The highest BCUT2D eigenvalue weighted by Gasteiger charge is 2.43. The molecule has 1 unspecified atom stereocenters. The normalized spacial score (nSPS) is 26.5. The van der Waals surface area contributed by atoms with Crippen LogP contribution in [0.3, 0.4) is 0 Å². The first kappa shape index (κ1) is 18.4. The van der Waals surface area contributed by atoms with Gasteiger partial charge in [0.2, 0.25) is 5.91 Å². The van der Waals surface area contributed by atoms with Gasteiger partial charge in [-0.2, -0.15) is 0 Å². The molecular formula is C22H28FN3O. The molecule has 2 fully saturated rings. The van der Waals surface area contributed by atoms with E-state index in [1.54, 1.807) is 12.1 Å². The first-order valence-electron chi connectivity index (χ1n) is 10.0. The third kappa shape index (κ3) is 3.57. The Morgan fingerprint density at radius 1 is 1.19 bits per heavy atom. The quantitative estimate of drug-likeness (QED) is 0.894. The molecule has 0 spiro atoms. The summed E-state index contributed by atoms with van der Waals surface area (Å²) in [6.07, 6.45) is 4.05. The first-order chi connectivity index (χ1) is 12.9. The summed E-state index contributed by atoms with van der Waals surface area (Å²) in [5, 5.41) is 3.97. The standard InChI is InChI=1S/C22H28FN3O/c1-13(2)25-22(27)14(3)26-11-16-8-15(9-17(16)12-26)19-6-7-24-21-5-4-18(23)10-20(19)21/h4-7,10,13-17H,8-9,11-12H2,1-3H3,(H,25,27)/t14?,15-,16-,17+. The summed E-state index contributed by atoms with van der Waals surface area (Å²) in [5.41, 5.74) is 2.10. The van der Waals surface area contributed by atoms with Crippen LogP contribution < -0.4 is 5.32 Å². The molecule has 1 saturated heterocycles. The van der Waals surface area contributed by atoms with E-state index in [-0.39, 0.29) is 23.8 Å². The zero-order chi connectivity index (χ0) is 19.1. The zero-order valence-corrected chi connectivity index (χ0v) is 16.3. The third-order valence-electron chi connectivity index (χ3n) is 6.31. The highest BCUT2D eigenvalue weighted by Crippen LogP contribution is 2.47. The fourth-order valence-electron chi connectivity index (χ4n) is 4.97. The second kappa shape index (κ2) is 7.19. The maximum Gasteiger partial charge on any atom is 0.237 e. The molecule has 4 nitrogen and oxygen atoms in total. The van der Waals surface area contributed by atoms with E-state index in [9.17, 15) is 9.18 Å². The van der Waals surface area contributed by atoms with Crippen LogP contribution in [-0.4, -0.2) is 41.0 Å². The second-order valence-electron chi connectivity index (χ2n) is 8.54. The highest BCUT2D eigenvalue weighted by atomic mass is 19.1. The van der Waals surface area contributed by atoms with Crippen molar-refractivity contribution in [3.05, 3.63) is 41.8 Å². The molecule has 2 heterocycles. The number of benzene rings is 1. The smallest absolute Gasteiger partial charge is 0.237 e.